The van der Waals surface area contributed by atoms with Gasteiger partial charge in [0.05, 0.1) is 0 Å². The van der Waals surface area contributed by atoms with Crippen molar-refractivity contribution in [2.45, 2.75) is 12.5 Å². The molecule has 1 aromatic rings. The molecule has 0 saturated heterocycles. The number of benzene rings is 1. The highest BCUT2D eigenvalue weighted by atomic mass is 28.4. The van der Waals surface area contributed by atoms with Crippen LogP contribution in [0.5, 0.6) is 5.75 Å². The summed E-state index contributed by atoms with van der Waals surface area (Å²) in [6.45, 7) is 0. The van der Waals surface area contributed by atoms with Gasteiger partial charge in [-0.1, -0.05) is 18.2 Å². The van der Waals surface area contributed by atoms with Crippen LogP contribution in [0.15, 0.2) is 24.3 Å². The lowest BCUT2D eigenvalue weighted by molar-refractivity contribution is 0.123. The minimum absolute atomic E-state index is 0.300. The van der Waals surface area contributed by atoms with Crippen molar-refractivity contribution in [3.63, 3.8) is 0 Å². The van der Waals surface area contributed by atoms with Crippen LogP contribution in [0.1, 0.15) is 5.56 Å². The van der Waals surface area contributed by atoms with E-state index in [1.165, 1.54) is 0 Å². The van der Waals surface area contributed by atoms with Gasteiger partial charge in [-0.05, 0) is 18.1 Å². The van der Waals surface area contributed by atoms with E-state index in [-0.39, 0.29) is 0 Å². The number of aromatic hydroxyl groups is 1. The van der Waals surface area contributed by atoms with E-state index in [0.29, 0.717) is 18.2 Å². The summed E-state index contributed by atoms with van der Waals surface area (Å²) in [5.74, 6) is 0.300. The smallest absolute Gasteiger partial charge is 0.500 e. The van der Waals surface area contributed by atoms with E-state index >= 15 is 0 Å². The van der Waals surface area contributed by atoms with Gasteiger partial charge in [-0.15, -0.1) is 0 Å². The molecule has 0 heterocycles. The fourth-order valence-corrected chi connectivity index (χ4v) is 3.25. The van der Waals surface area contributed by atoms with Gasteiger partial charge in [0, 0.05) is 27.4 Å². The van der Waals surface area contributed by atoms with E-state index in [4.69, 9.17) is 13.3 Å². The standard InChI is InChI=1S/C11H18O4Si/c1-13-16(14-2,15-3)9-8-10-6-4-5-7-11(10)12/h4-7,12H,8-9H2,1-3H3. The highest BCUT2D eigenvalue weighted by Crippen LogP contribution is 2.22. The predicted octanol–water partition coefficient (Wildman–Crippen LogP) is 1.81. The Kier molecular flexibility index (Phi) is 4.95. The summed E-state index contributed by atoms with van der Waals surface area (Å²) in [4.78, 5) is 0. The minimum atomic E-state index is -2.53. The van der Waals surface area contributed by atoms with Crippen molar-refractivity contribution in [2.24, 2.45) is 0 Å². The first-order valence-electron chi connectivity index (χ1n) is 5.10. The van der Waals surface area contributed by atoms with Crippen molar-refractivity contribution in [3.05, 3.63) is 29.8 Å². The molecule has 0 saturated carbocycles. The summed E-state index contributed by atoms with van der Waals surface area (Å²) in [5.41, 5.74) is 0.880. The fourth-order valence-electron chi connectivity index (χ4n) is 1.57. The van der Waals surface area contributed by atoms with Crippen molar-refractivity contribution in [2.75, 3.05) is 21.3 Å². The van der Waals surface area contributed by atoms with Crippen LogP contribution < -0.4 is 0 Å². The Hall–Kier alpha value is -0.883. The molecule has 0 spiro atoms. The Morgan fingerprint density at radius 3 is 2.12 bits per heavy atom. The van der Waals surface area contributed by atoms with Crippen LogP contribution in [0.25, 0.3) is 0 Å². The van der Waals surface area contributed by atoms with E-state index in [1.807, 2.05) is 12.1 Å². The zero-order valence-electron chi connectivity index (χ0n) is 9.90. The van der Waals surface area contributed by atoms with Crippen LogP contribution in [-0.2, 0) is 19.7 Å². The number of rotatable bonds is 6. The van der Waals surface area contributed by atoms with E-state index in [9.17, 15) is 5.11 Å². The van der Waals surface area contributed by atoms with Gasteiger partial charge in [-0.2, -0.15) is 0 Å². The molecular formula is C11H18O4Si. The number of hydrogen-bond donors (Lipinski definition) is 1. The summed E-state index contributed by atoms with van der Waals surface area (Å²) in [6.07, 6.45) is 0.675. The summed E-state index contributed by atoms with van der Waals surface area (Å²) < 4.78 is 15.9. The van der Waals surface area contributed by atoms with Crippen molar-refractivity contribution in [3.8, 4) is 5.75 Å². The van der Waals surface area contributed by atoms with E-state index < -0.39 is 8.80 Å². The number of phenols is 1. The van der Waals surface area contributed by atoms with Gasteiger partial charge in [-0.3, -0.25) is 0 Å². The number of phenolic OH excluding ortho intramolecular Hbond substituents is 1. The second-order valence-corrected chi connectivity index (χ2v) is 6.51. The van der Waals surface area contributed by atoms with E-state index in [0.717, 1.165) is 5.56 Å². The molecule has 0 amide bonds. The maximum Gasteiger partial charge on any atom is 0.500 e. The third kappa shape index (κ3) is 3.05. The maximum atomic E-state index is 9.62. The van der Waals surface area contributed by atoms with E-state index in [2.05, 4.69) is 0 Å². The van der Waals surface area contributed by atoms with Crippen LogP contribution >= 0.6 is 0 Å². The van der Waals surface area contributed by atoms with Gasteiger partial charge in [0.25, 0.3) is 0 Å². The lowest BCUT2D eigenvalue weighted by Gasteiger charge is -2.24. The molecule has 16 heavy (non-hydrogen) atoms. The van der Waals surface area contributed by atoms with Crippen LogP contribution in [0.4, 0.5) is 0 Å². The van der Waals surface area contributed by atoms with Crippen LogP contribution in [0, 0.1) is 0 Å². The lowest BCUT2D eigenvalue weighted by Crippen LogP contribution is -2.43. The van der Waals surface area contributed by atoms with Gasteiger partial charge in [0.1, 0.15) is 5.75 Å². The summed E-state index contributed by atoms with van der Waals surface area (Å²) in [7, 11) is 2.23. The molecule has 0 aliphatic carbocycles. The largest absolute Gasteiger partial charge is 0.508 e. The topological polar surface area (TPSA) is 47.9 Å². The van der Waals surface area contributed by atoms with Gasteiger partial charge in [0.15, 0.2) is 0 Å². The Morgan fingerprint density at radius 1 is 1.06 bits per heavy atom. The highest BCUT2D eigenvalue weighted by Gasteiger charge is 2.37. The van der Waals surface area contributed by atoms with Crippen LogP contribution in [0.3, 0.4) is 0 Å². The zero-order valence-corrected chi connectivity index (χ0v) is 10.9. The molecule has 1 N–H and O–H groups in total. The monoisotopic (exact) mass is 242 g/mol. The summed E-state index contributed by atoms with van der Waals surface area (Å²) in [5, 5.41) is 9.62. The number of aryl methyl sites for hydroxylation is 1. The second kappa shape index (κ2) is 6.00. The molecular weight excluding hydrogens is 224 g/mol. The lowest BCUT2D eigenvalue weighted by atomic mass is 10.1. The van der Waals surface area contributed by atoms with Crippen LogP contribution in [-0.4, -0.2) is 35.2 Å². The second-order valence-electron chi connectivity index (χ2n) is 3.42. The molecule has 90 valence electrons. The molecule has 5 heteroatoms. The zero-order chi connectivity index (χ0) is 12.0. The normalized spacial score (nSPS) is 11.7. The Morgan fingerprint density at radius 2 is 1.62 bits per heavy atom. The fraction of sp³-hybridized carbons (Fsp3) is 0.455. The van der Waals surface area contributed by atoms with Gasteiger partial charge >= 0.3 is 8.80 Å². The van der Waals surface area contributed by atoms with Gasteiger partial charge < -0.3 is 18.4 Å². The molecule has 0 aromatic heterocycles. The molecule has 0 unspecified atom stereocenters. The number of hydrogen-bond acceptors (Lipinski definition) is 4. The molecule has 0 bridgehead atoms. The first-order valence-corrected chi connectivity index (χ1v) is 7.03. The predicted molar refractivity (Wildman–Crippen MR) is 63.4 cm³/mol. The first-order chi connectivity index (χ1) is 7.67. The van der Waals surface area contributed by atoms with Crippen molar-refractivity contribution < 1.29 is 18.4 Å². The van der Waals surface area contributed by atoms with Gasteiger partial charge in [-0.25, -0.2) is 0 Å². The maximum absolute atomic E-state index is 9.62. The molecule has 0 aliphatic rings. The molecule has 4 nitrogen and oxygen atoms in total. The van der Waals surface area contributed by atoms with Crippen LogP contribution in [0.2, 0.25) is 6.04 Å². The Labute approximate surface area is 97.1 Å². The molecule has 1 rings (SSSR count). The number of para-hydroxylation sites is 1. The van der Waals surface area contributed by atoms with Crippen molar-refractivity contribution in [1.29, 1.82) is 0 Å². The molecule has 0 radical (unpaired) electrons. The quantitative estimate of drug-likeness (QED) is 0.773. The third-order valence-corrected chi connectivity index (χ3v) is 5.35. The highest BCUT2D eigenvalue weighted by molar-refractivity contribution is 6.60. The molecule has 0 fully saturated rings. The van der Waals surface area contributed by atoms with E-state index in [1.54, 1.807) is 33.5 Å². The summed E-state index contributed by atoms with van der Waals surface area (Å²) >= 11 is 0. The SMILES string of the molecule is CO[Si](CCc1ccccc1O)(OC)OC. The van der Waals surface area contributed by atoms with Gasteiger partial charge in [0.2, 0.25) is 0 Å². The molecule has 1 aromatic carbocycles. The Balaban J connectivity index is 2.66. The molecule has 0 aliphatic heterocycles. The average molecular weight is 242 g/mol. The first kappa shape index (κ1) is 13.2. The Bertz CT molecular complexity index is 317. The van der Waals surface area contributed by atoms with Crippen molar-refractivity contribution >= 4 is 8.80 Å². The minimum Gasteiger partial charge on any atom is -0.508 e. The molecule has 0 atom stereocenters. The third-order valence-electron chi connectivity index (χ3n) is 2.63. The summed E-state index contributed by atoms with van der Waals surface area (Å²) in [6, 6.07) is 7.89. The van der Waals surface area contributed by atoms with Crippen molar-refractivity contribution in [1.82, 2.24) is 0 Å². The average Bonchev–Trinajstić information content (AvgIpc) is 2.34.